The molecule has 0 radical (unpaired) electrons. The van der Waals surface area contributed by atoms with Crippen LogP contribution in [0.4, 0.5) is 11.5 Å². The van der Waals surface area contributed by atoms with E-state index in [0.29, 0.717) is 36.2 Å². The molecule has 0 bridgehead atoms. The first-order valence-electron chi connectivity index (χ1n) is 7.88. The molecule has 0 amide bonds. The number of rotatable bonds is 6. The van der Waals surface area contributed by atoms with E-state index in [1.165, 1.54) is 0 Å². The molecule has 2 aromatic rings. The number of aromatic nitrogens is 1. The van der Waals surface area contributed by atoms with Gasteiger partial charge in [0.05, 0.1) is 18.9 Å². The van der Waals surface area contributed by atoms with Crippen molar-refractivity contribution in [1.29, 1.82) is 0 Å². The summed E-state index contributed by atoms with van der Waals surface area (Å²) in [5.74, 6) is 1.83. The van der Waals surface area contributed by atoms with Crippen molar-refractivity contribution in [2.24, 2.45) is 21.5 Å². The van der Waals surface area contributed by atoms with Crippen LogP contribution in [0.5, 0.6) is 11.5 Å². The van der Waals surface area contributed by atoms with E-state index < -0.39 is 0 Å². The SMILES string of the molecule is CCOc1ccc(OCC)c(NC(N)=NC(N)=Nc2ccccn2)c1. The lowest BCUT2D eigenvalue weighted by molar-refractivity contribution is 0.332. The van der Waals surface area contributed by atoms with Gasteiger partial charge in [-0.05, 0) is 38.1 Å². The van der Waals surface area contributed by atoms with Crippen LogP contribution in [0.2, 0.25) is 0 Å². The van der Waals surface area contributed by atoms with Crippen LogP contribution in [0.1, 0.15) is 13.8 Å². The van der Waals surface area contributed by atoms with Gasteiger partial charge in [0.1, 0.15) is 11.5 Å². The molecule has 0 saturated heterocycles. The van der Waals surface area contributed by atoms with E-state index in [0.717, 1.165) is 0 Å². The van der Waals surface area contributed by atoms with Crippen molar-refractivity contribution in [1.82, 2.24) is 4.98 Å². The van der Waals surface area contributed by atoms with E-state index in [2.05, 4.69) is 20.3 Å². The monoisotopic (exact) mass is 342 g/mol. The zero-order valence-corrected chi connectivity index (χ0v) is 14.3. The molecule has 132 valence electrons. The number of aliphatic imine (C=N–C) groups is 2. The first kappa shape index (κ1) is 18.1. The number of pyridine rings is 1. The largest absolute Gasteiger partial charge is 0.494 e. The summed E-state index contributed by atoms with van der Waals surface area (Å²) in [6.07, 6.45) is 1.62. The number of guanidine groups is 2. The van der Waals surface area contributed by atoms with Crippen LogP contribution in [0.25, 0.3) is 0 Å². The first-order valence-corrected chi connectivity index (χ1v) is 7.88. The Kier molecular flexibility index (Phi) is 6.58. The summed E-state index contributed by atoms with van der Waals surface area (Å²) in [4.78, 5) is 12.1. The molecular formula is C17H22N6O2. The molecule has 0 unspecified atom stereocenters. The number of hydrogen-bond donors (Lipinski definition) is 3. The van der Waals surface area contributed by atoms with E-state index >= 15 is 0 Å². The number of benzene rings is 1. The number of nitrogens with two attached hydrogens (primary N) is 2. The van der Waals surface area contributed by atoms with Gasteiger partial charge in [-0.15, -0.1) is 0 Å². The molecule has 8 nitrogen and oxygen atoms in total. The highest BCUT2D eigenvalue weighted by molar-refractivity contribution is 6.01. The number of nitrogens with one attached hydrogen (secondary N) is 1. The van der Waals surface area contributed by atoms with Gasteiger partial charge in [-0.2, -0.15) is 9.98 Å². The summed E-state index contributed by atoms with van der Waals surface area (Å²) in [6, 6.07) is 10.7. The lowest BCUT2D eigenvalue weighted by Crippen LogP contribution is -2.26. The maximum Gasteiger partial charge on any atom is 0.225 e. The fourth-order valence-corrected chi connectivity index (χ4v) is 2.00. The van der Waals surface area contributed by atoms with Gasteiger partial charge in [0.15, 0.2) is 5.82 Å². The smallest absolute Gasteiger partial charge is 0.225 e. The van der Waals surface area contributed by atoms with Gasteiger partial charge in [0.25, 0.3) is 0 Å². The topological polar surface area (TPSA) is 120 Å². The highest BCUT2D eigenvalue weighted by atomic mass is 16.5. The van der Waals surface area contributed by atoms with Gasteiger partial charge < -0.3 is 26.3 Å². The summed E-state index contributed by atoms with van der Waals surface area (Å²) in [5.41, 5.74) is 12.3. The summed E-state index contributed by atoms with van der Waals surface area (Å²) >= 11 is 0. The van der Waals surface area contributed by atoms with E-state index in [1.807, 2.05) is 19.9 Å². The number of anilines is 1. The molecule has 1 aromatic heterocycles. The molecule has 8 heteroatoms. The second-order valence-corrected chi connectivity index (χ2v) is 4.80. The maximum atomic E-state index is 5.91. The maximum absolute atomic E-state index is 5.91. The van der Waals surface area contributed by atoms with Gasteiger partial charge in [-0.3, -0.25) is 0 Å². The van der Waals surface area contributed by atoms with Crippen LogP contribution in [-0.4, -0.2) is 30.1 Å². The first-order chi connectivity index (χ1) is 12.1. The van der Waals surface area contributed by atoms with Gasteiger partial charge in [-0.1, -0.05) is 6.07 Å². The lowest BCUT2D eigenvalue weighted by Gasteiger charge is -2.13. The fraction of sp³-hybridized carbons (Fsp3) is 0.235. The zero-order chi connectivity index (χ0) is 18.1. The zero-order valence-electron chi connectivity index (χ0n) is 14.3. The van der Waals surface area contributed by atoms with E-state index in [1.54, 1.807) is 36.5 Å². The van der Waals surface area contributed by atoms with E-state index in [-0.39, 0.29) is 11.9 Å². The standard InChI is InChI=1S/C17H22N6O2/c1-3-24-12-8-9-14(25-4-2)13(11-12)21-16(18)23-17(19)22-15-7-5-6-10-20-15/h5-11H,3-4H2,1-2H3,(H5,18,19,20,21,22,23). The van der Waals surface area contributed by atoms with Gasteiger partial charge in [0.2, 0.25) is 11.9 Å². The average molecular weight is 342 g/mol. The minimum atomic E-state index is -0.0115. The van der Waals surface area contributed by atoms with Gasteiger partial charge in [-0.25, -0.2) is 4.98 Å². The van der Waals surface area contributed by atoms with Crippen molar-refractivity contribution in [2.45, 2.75) is 13.8 Å². The molecular weight excluding hydrogens is 320 g/mol. The summed E-state index contributed by atoms with van der Waals surface area (Å²) in [7, 11) is 0. The molecule has 0 aliphatic rings. The molecule has 0 atom stereocenters. The van der Waals surface area contributed by atoms with Crippen molar-refractivity contribution < 1.29 is 9.47 Å². The number of nitrogens with zero attached hydrogens (tertiary/aromatic N) is 3. The van der Waals surface area contributed by atoms with Crippen LogP contribution in [0, 0.1) is 0 Å². The molecule has 5 N–H and O–H groups in total. The van der Waals surface area contributed by atoms with Crippen LogP contribution < -0.4 is 26.3 Å². The summed E-state index contributed by atoms with van der Waals surface area (Å²) in [5, 5.41) is 2.95. The Balaban J connectivity index is 2.18. The van der Waals surface area contributed by atoms with Crippen LogP contribution >= 0.6 is 0 Å². The normalized spacial score (nSPS) is 11.9. The van der Waals surface area contributed by atoms with Crippen LogP contribution in [0.3, 0.4) is 0 Å². The third kappa shape index (κ3) is 5.69. The molecule has 2 rings (SSSR count). The second-order valence-electron chi connectivity index (χ2n) is 4.80. The third-order valence-corrected chi connectivity index (χ3v) is 2.94. The molecule has 0 saturated carbocycles. The van der Waals surface area contributed by atoms with E-state index in [9.17, 15) is 0 Å². The molecule has 1 heterocycles. The Morgan fingerprint density at radius 2 is 1.92 bits per heavy atom. The highest BCUT2D eigenvalue weighted by Crippen LogP contribution is 2.29. The minimum Gasteiger partial charge on any atom is -0.494 e. The van der Waals surface area contributed by atoms with Crippen molar-refractivity contribution in [3.8, 4) is 11.5 Å². The van der Waals surface area contributed by atoms with Gasteiger partial charge >= 0.3 is 0 Å². The molecule has 0 spiro atoms. The third-order valence-electron chi connectivity index (χ3n) is 2.94. The Morgan fingerprint density at radius 1 is 1.12 bits per heavy atom. The molecule has 25 heavy (non-hydrogen) atoms. The fourth-order valence-electron chi connectivity index (χ4n) is 2.00. The lowest BCUT2D eigenvalue weighted by atomic mass is 10.2. The van der Waals surface area contributed by atoms with E-state index in [4.69, 9.17) is 20.9 Å². The summed E-state index contributed by atoms with van der Waals surface area (Å²) < 4.78 is 11.1. The molecule has 0 aliphatic heterocycles. The predicted octanol–water partition coefficient (Wildman–Crippen LogP) is 2.25. The molecule has 0 fully saturated rings. The molecule has 0 aliphatic carbocycles. The van der Waals surface area contributed by atoms with Crippen molar-refractivity contribution in [3.63, 3.8) is 0 Å². The van der Waals surface area contributed by atoms with Crippen molar-refractivity contribution >= 4 is 23.4 Å². The summed E-state index contributed by atoms with van der Waals surface area (Å²) in [6.45, 7) is 4.88. The Labute approximate surface area is 146 Å². The second kappa shape index (κ2) is 9.11. The number of ether oxygens (including phenoxy) is 2. The predicted molar refractivity (Wildman–Crippen MR) is 99.5 cm³/mol. The quantitative estimate of drug-likeness (QED) is 0.547. The van der Waals surface area contributed by atoms with Crippen LogP contribution in [0.15, 0.2) is 52.6 Å². The molecule has 1 aromatic carbocycles. The highest BCUT2D eigenvalue weighted by Gasteiger charge is 2.07. The number of hydrogen-bond acceptors (Lipinski definition) is 4. The van der Waals surface area contributed by atoms with Crippen molar-refractivity contribution in [3.05, 3.63) is 42.6 Å². The van der Waals surface area contributed by atoms with Crippen molar-refractivity contribution in [2.75, 3.05) is 18.5 Å². The Bertz CT molecular complexity index is 746. The minimum absolute atomic E-state index is 0.0115. The van der Waals surface area contributed by atoms with Gasteiger partial charge in [0, 0.05) is 12.3 Å². The Morgan fingerprint density at radius 3 is 2.60 bits per heavy atom. The van der Waals surface area contributed by atoms with Crippen LogP contribution in [-0.2, 0) is 0 Å². The average Bonchev–Trinajstić information content (AvgIpc) is 2.58. The Hall–Kier alpha value is -3.29.